The van der Waals surface area contributed by atoms with E-state index in [1.54, 1.807) is 26.4 Å². The lowest BCUT2D eigenvalue weighted by atomic mass is 9.89. The standard InChI is InChI=1S/C18H21NO4/c1-21-14-8-9-16(22-2)13(10-14)11-15-18(20)23-17(19-15)12-6-4-3-5-7-12/h8-12H,3-7H2,1-2H3. The van der Waals surface area contributed by atoms with Crippen LogP contribution >= 0.6 is 0 Å². The fourth-order valence-electron chi connectivity index (χ4n) is 3.05. The van der Waals surface area contributed by atoms with E-state index in [2.05, 4.69) is 4.99 Å². The van der Waals surface area contributed by atoms with Crippen molar-refractivity contribution >= 4 is 17.9 Å². The molecule has 1 aromatic carbocycles. The molecule has 5 nitrogen and oxygen atoms in total. The molecule has 0 unspecified atom stereocenters. The Morgan fingerprint density at radius 2 is 1.96 bits per heavy atom. The average molecular weight is 315 g/mol. The lowest BCUT2D eigenvalue weighted by Crippen LogP contribution is -2.19. The van der Waals surface area contributed by atoms with Crippen LogP contribution in [0.2, 0.25) is 0 Å². The molecule has 1 saturated carbocycles. The summed E-state index contributed by atoms with van der Waals surface area (Å²) in [5, 5.41) is 0. The minimum absolute atomic E-state index is 0.269. The van der Waals surface area contributed by atoms with Crippen LogP contribution in [0.3, 0.4) is 0 Å². The van der Waals surface area contributed by atoms with Gasteiger partial charge in [-0.25, -0.2) is 9.79 Å². The minimum Gasteiger partial charge on any atom is -0.497 e. The molecular weight excluding hydrogens is 294 g/mol. The van der Waals surface area contributed by atoms with E-state index in [4.69, 9.17) is 14.2 Å². The third-order valence-corrected chi connectivity index (χ3v) is 4.32. The van der Waals surface area contributed by atoms with E-state index in [9.17, 15) is 4.79 Å². The van der Waals surface area contributed by atoms with Crippen molar-refractivity contribution in [2.45, 2.75) is 32.1 Å². The Morgan fingerprint density at radius 3 is 2.65 bits per heavy atom. The molecule has 23 heavy (non-hydrogen) atoms. The Bertz CT molecular complexity index is 657. The molecule has 0 spiro atoms. The van der Waals surface area contributed by atoms with Crippen LogP contribution in [0.1, 0.15) is 37.7 Å². The van der Waals surface area contributed by atoms with Gasteiger partial charge >= 0.3 is 5.97 Å². The fourth-order valence-corrected chi connectivity index (χ4v) is 3.05. The molecule has 0 N–H and O–H groups in total. The molecule has 1 aliphatic heterocycles. The molecule has 0 saturated heterocycles. The summed E-state index contributed by atoms with van der Waals surface area (Å²) in [6.07, 6.45) is 7.37. The first-order valence-corrected chi connectivity index (χ1v) is 7.95. The van der Waals surface area contributed by atoms with Crippen LogP contribution in [0.5, 0.6) is 11.5 Å². The van der Waals surface area contributed by atoms with E-state index in [-0.39, 0.29) is 5.92 Å². The molecule has 3 rings (SSSR count). The summed E-state index contributed by atoms with van der Waals surface area (Å²) in [6, 6.07) is 5.43. The molecule has 0 bridgehead atoms. The van der Waals surface area contributed by atoms with Crippen molar-refractivity contribution in [3.8, 4) is 11.5 Å². The number of cyclic esters (lactones) is 1. The summed E-state index contributed by atoms with van der Waals surface area (Å²) in [4.78, 5) is 16.5. The van der Waals surface area contributed by atoms with Gasteiger partial charge in [-0.2, -0.15) is 0 Å². The number of rotatable bonds is 4. The van der Waals surface area contributed by atoms with Crippen molar-refractivity contribution in [3.63, 3.8) is 0 Å². The van der Waals surface area contributed by atoms with Crippen LogP contribution in [-0.2, 0) is 9.53 Å². The van der Waals surface area contributed by atoms with Gasteiger partial charge in [-0.05, 0) is 37.1 Å². The number of carbonyl (C=O) groups is 1. The van der Waals surface area contributed by atoms with E-state index in [0.717, 1.165) is 18.4 Å². The van der Waals surface area contributed by atoms with Gasteiger partial charge in [0.15, 0.2) is 5.70 Å². The molecule has 1 aromatic rings. The number of nitrogens with zero attached hydrogens (tertiary/aromatic N) is 1. The zero-order valence-electron chi connectivity index (χ0n) is 13.5. The van der Waals surface area contributed by atoms with Crippen molar-refractivity contribution in [2.75, 3.05) is 14.2 Å². The van der Waals surface area contributed by atoms with Gasteiger partial charge in [-0.3, -0.25) is 0 Å². The summed E-state index contributed by atoms with van der Waals surface area (Å²) in [5.74, 6) is 1.80. The van der Waals surface area contributed by atoms with Crippen LogP contribution in [-0.4, -0.2) is 26.1 Å². The van der Waals surface area contributed by atoms with Crippen molar-refractivity contribution in [2.24, 2.45) is 10.9 Å². The van der Waals surface area contributed by atoms with Gasteiger partial charge < -0.3 is 14.2 Å². The fraction of sp³-hybridized carbons (Fsp3) is 0.444. The maximum atomic E-state index is 12.1. The molecule has 2 aliphatic rings. The zero-order chi connectivity index (χ0) is 16.2. The SMILES string of the molecule is COc1ccc(OC)c(C=C2N=C(C3CCCCC3)OC2=O)c1. The molecule has 1 heterocycles. The Hall–Kier alpha value is -2.30. The second kappa shape index (κ2) is 6.86. The third kappa shape index (κ3) is 3.38. The normalized spacial score (nSPS) is 20.3. The van der Waals surface area contributed by atoms with Gasteiger partial charge in [0.2, 0.25) is 5.90 Å². The molecule has 1 fully saturated rings. The van der Waals surface area contributed by atoms with Crippen molar-refractivity contribution in [1.82, 2.24) is 0 Å². The predicted octanol–water partition coefficient (Wildman–Crippen LogP) is 3.58. The number of hydrogen-bond donors (Lipinski definition) is 0. The Balaban J connectivity index is 1.89. The molecule has 122 valence electrons. The summed E-state index contributed by atoms with van der Waals surface area (Å²) in [7, 11) is 3.19. The van der Waals surface area contributed by atoms with Crippen LogP contribution in [0.4, 0.5) is 0 Å². The summed E-state index contributed by atoms with van der Waals surface area (Å²) in [6.45, 7) is 0. The van der Waals surface area contributed by atoms with Crippen LogP contribution in [0, 0.1) is 5.92 Å². The number of aliphatic imine (C=N–C) groups is 1. The molecular formula is C18H21NO4. The molecule has 5 heteroatoms. The second-order valence-corrected chi connectivity index (χ2v) is 5.81. The number of ether oxygens (including phenoxy) is 3. The van der Waals surface area contributed by atoms with Gasteiger partial charge in [0.25, 0.3) is 0 Å². The number of benzene rings is 1. The van der Waals surface area contributed by atoms with E-state index in [0.29, 0.717) is 23.1 Å². The maximum Gasteiger partial charge on any atom is 0.363 e. The average Bonchev–Trinajstić information content (AvgIpc) is 2.96. The topological polar surface area (TPSA) is 57.1 Å². The van der Waals surface area contributed by atoms with Crippen LogP contribution in [0.25, 0.3) is 6.08 Å². The van der Waals surface area contributed by atoms with E-state index in [1.165, 1.54) is 19.3 Å². The van der Waals surface area contributed by atoms with Crippen molar-refractivity contribution in [3.05, 3.63) is 29.5 Å². The van der Waals surface area contributed by atoms with Crippen LogP contribution < -0.4 is 9.47 Å². The van der Waals surface area contributed by atoms with Crippen molar-refractivity contribution < 1.29 is 19.0 Å². The molecule has 1 aliphatic carbocycles. The van der Waals surface area contributed by atoms with Gasteiger partial charge in [-0.15, -0.1) is 0 Å². The van der Waals surface area contributed by atoms with E-state index >= 15 is 0 Å². The Labute approximate surface area is 136 Å². The first kappa shape index (κ1) is 15.6. The van der Waals surface area contributed by atoms with Gasteiger partial charge in [-0.1, -0.05) is 19.3 Å². The van der Waals surface area contributed by atoms with Crippen LogP contribution in [0.15, 0.2) is 28.9 Å². The highest BCUT2D eigenvalue weighted by Crippen LogP contribution is 2.31. The quantitative estimate of drug-likeness (QED) is 0.629. The third-order valence-electron chi connectivity index (χ3n) is 4.32. The molecule has 0 radical (unpaired) electrons. The first-order chi connectivity index (χ1) is 11.2. The number of methoxy groups -OCH3 is 2. The number of esters is 1. The number of hydrogen-bond acceptors (Lipinski definition) is 5. The molecule has 0 aromatic heterocycles. The van der Waals surface area contributed by atoms with Gasteiger partial charge in [0.1, 0.15) is 11.5 Å². The van der Waals surface area contributed by atoms with Gasteiger partial charge in [0, 0.05) is 11.5 Å². The summed E-state index contributed by atoms with van der Waals surface area (Å²) < 4.78 is 15.9. The summed E-state index contributed by atoms with van der Waals surface area (Å²) in [5.41, 5.74) is 1.06. The van der Waals surface area contributed by atoms with Gasteiger partial charge in [0.05, 0.1) is 14.2 Å². The predicted molar refractivity (Wildman–Crippen MR) is 87.6 cm³/mol. The molecule has 0 amide bonds. The lowest BCUT2D eigenvalue weighted by Gasteiger charge is -2.19. The second-order valence-electron chi connectivity index (χ2n) is 5.81. The van der Waals surface area contributed by atoms with Crippen molar-refractivity contribution in [1.29, 1.82) is 0 Å². The zero-order valence-corrected chi connectivity index (χ0v) is 13.5. The summed E-state index contributed by atoms with van der Waals surface area (Å²) >= 11 is 0. The highest BCUT2D eigenvalue weighted by Gasteiger charge is 2.30. The highest BCUT2D eigenvalue weighted by atomic mass is 16.6. The number of carbonyl (C=O) groups excluding carboxylic acids is 1. The minimum atomic E-state index is -0.393. The molecule has 0 atom stereocenters. The lowest BCUT2D eigenvalue weighted by molar-refractivity contribution is -0.130. The monoisotopic (exact) mass is 315 g/mol. The van der Waals surface area contributed by atoms with E-state index < -0.39 is 5.97 Å². The smallest absolute Gasteiger partial charge is 0.363 e. The Kier molecular flexibility index (Phi) is 4.65. The highest BCUT2D eigenvalue weighted by molar-refractivity contribution is 6.08. The Morgan fingerprint density at radius 1 is 1.17 bits per heavy atom. The van der Waals surface area contributed by atoms with E-state index in [1.807, 2.05) is 12.1 Å². The largest absolute Gasteiger partial charge is 0.497 e. The first-order valence-electron chi connectivity index (χ1n) is 7.95. The maximum absolute atomic E-state index is 12.1.